The van der Waals surface area contributed by atoms with Crippen molar-refractivity contribution in [1.82, 2.24) is 5.32 Å². The second-order valence-corrected chi connectivity index (χ2v) is 4.08. The van der Waals surface area contributed by atoms with Crippen LogP contribution in [0.3, 0.4) is 0 Å². The van der Waals surface area contributed by atoms with Gasteiger partial charge in [0, 0.05) is 11.6 Å². The third-order valence-corrected chi connectivity index (χ3v) is 3.12. The molecule has 1 heterocycles. The van der Waals surface area contributed by atoms with E-state index in [2.05, 4.69) is 31.3 Å². The van der Waals surface area contributed by atoms with Crippen molar-refractivity contribution in [2.45, 2.75) is 38.8 Å². The first kappa shape index (κ1) is 10.5. The summed E-state index contributed by atoms with van der Waals surface area (Å²) in [5.74, 6) is 1.04. The maximum absolute atomic E-state index is 5.64. The quantitative estimate of drug-likeness (QED) is 0.816. The van der Waals surface area contributed by atoms with Crippen molar-refractivity contribution < 1.29 is 4.74 Å². The maximum Gasteiger partial charge on any atom is 0.124 e. The highest BCUT2D eigenvalue weighted by atomic mass is 16.5. The summed E-state index contributed by atoms with van der Waals surface area (Å²) in [6.07, 6.45) is 2.35. The van der Waals surface area contributed by atoms with Crippen LogP contribution >= 0.6 is 0 Å². The third-order valence-electron chi connectivity index (χ3n) is 3.12. The van der Waals surface area contributed by atoms with E-state index in [1.807, 2.05) is 12.1 Å². The molecule has 0 bridgehead atoms. The molecular formula is C13H19NO. The molecular weight excluding hydrogens is 186 g/mol. The minimum atomic E-state index is 0.381. The second kappa shape index (κ2) is 4.67. The van der Waals surface area contributed by atoms with Gasteiger partial charge in [-0.2, -0.15) is 0 Å². The fraction of sp³-hybridized carbons (Fsp3) is 0.538. The van der Waals surface area contributed by atoms with Gasteiger partial charge in [-0.15, -0.1) is 0 Å². The second-order valence-electron chi connectivity index (χ2n) is 4.08. The predicted octanol–water partition coefficient (Wildman–Crippen LogP) is 2.90. The molecule has 0 radical (unpaired) electrons. The Morgan fingerprint density at radius 1 is 1.33 bits per heavy atom. The van der Waals surface area contributed by atoms with E-state index in [-0.39, 0.29) is 0 Å². The summed E-state index contributed by atoms with van der Waals surface area (Å²) < 4.78 is 5.64. The largest absolute Gasteiger partial charge is 0.491 e. The summed E-state index contributed by atoms with van der Waals surface area (Å²) >= 11 is 0. The van der Waals surface area contributed by atoms with Gasteiger partial charge in [0.25, 0.3) is 0 Å². The Hall–Kier alpha value is -1.02. The number of hydrogen-bond donors (Lipinski definition) is 1. The molecule has 1 aromatic carbocycles. The van der Waals surface area contributed by atoms with Crippen LogP contribution in [0, 0.1) is 0 Å². The minimum absolute atomic E-state index is 0.381. The Morgan fingerprint density at radius 3 is 2.80 bits per heavy atom. The van der Waals surface area contributed by atoms with Gasteiger partial charge in [0.05, 0.1) is 6.04 Å². The minimum Gasteiger partial charge on any atom is -0.491 e. The molecule has 1 aliphatic heterocycles. The van der Waals surface area contributed by atoms with Crippen LogP contribution in [0.25, 0.3) is 0 Å². The van der Waals surface area contributed by atoms with Gasteiger partial charge in [0.1, 0.15) is 12.4 Å². The van der Waals surface area contributed by atoms with Crippen LogP contribution < -0.4 is 10.1 Å². The molecule has 1 atom stereocenters. The van der Waals surface area contributed by atoms with E-state index in [0.29, 0.717) is 12.1 Å². The Balaban J connectivity index is 2.07. The molecule has 0 aromatic heterocycles. The van der Waals surface area contributed by atoms with Gasteiger partial charge in [-0.3, -0.25) is 0 Å². The monoisotopic (exact) mass is 205 g/mol. The Labute approximate surface area is 91.6 Å². The molecule has 0 amide bonds. The van der Waals surface area contributed by atoms with Crippen molar-refractivity contribution in [3.8, 4) is 5.75 Å². The first-order chi connectivity index (χ1) is 7.35. The normalized spacial score (nSPS) is 19.0. The highest BCUT2D eigenvalue weighted by molar-refractivity contribution is 5.39. The molecule has 1 N–H and O–H groups in total. The lowest BCUT2D eigenvalue weighted by atomic mass is 10.1. The lowest BCUT2D eigenvalue weighted by molar-refractivity contribution is 0.293. The van der Waals surface area contributed by atoms with Crippen LogP contribution in [0.5, 0.6) is 5.75 Å². The highest BCUT2D eigenvalue weighted by Gasteiger charge is 2.24. The molecule has 1 aliphatic rings. The number of nitrogens with one attached hydrogen (secondary N) is 1. The molecule has 0 fully saturated rings. The van der Waals surface area contributed by atoms with Crippen LogP contribution in [0.1, 0.15) is 38.3 Å². The van der Waals surface area contributed by atoms with Crippen molar-refractivity contribution >= 4 is 0 Å². The van der Waals surface area contributed by atoms with Crippen molar-refractivity contribution in [1.29, 1.82) is 0 Å². The van der Waals surface area contributed by atoms with E-state index in [1.165, 1.54) is 18.4 Å². The maximum atomic E-state index is 5.64. The summed E-state index contributed by atoms with van der Waals surface area (Å²) in [5.41, 5.74) is 1.31. The van der Waals surface area contributed by atoms with E-state index in [1.54, 1.807) is 0 Å². The molecule has 2 heteroatoms. The van der Waals surface area contributed by atoms with Gasteiger partial charge >= 0.3 is 0 Å². The molecule has 2 nitrogen and oxygen atoms in total. The first-order valence-electron chi connectivity index (χ1n) is 5.83. The summed E-state index contributed by atoms with van der Waals surface area (Å²) in [6, 6.07) is 9.29. The van der Waals surface area contributed by atoms with E-state index in [9.17, 15) is 0 Å². The molecule has 0 aliphatic carbocycles. The fourth-order valence-corrected chi connectivity index (χ4v) is 2.11. The number of para-hydroxylation sites is 1. The molecule has 15 heavy (non-hydrogen) atoms. The Kier molecular flexibility index (Phi) is 3.27. The van der Waals surface area contributed by atoms with Gasteiger partial charge < -0.3 is 10.1 Å². The highest BCUT2D eigenvalue weighted by Crippen LogP contribution is 2.32. The summed E-state index contributed by atoms with van der Waals surface area (Å²) in [5, 5.41) is 3.65. The van der Waals surface area contributed by atoms with E-state index < -0.39 is 0 Å². The molecule has 0 saturated carbocycles. The van der Waals surface area contributed by atoms with E-state index in [4.69, 9.17) is 4.74 Å². The SMILES string of the molecule is CCC(CC)NC1COc2ccccc21. The van der Waals surface area contributed by atoms with Crippen LogP contribution in [-0.2, 0) is 0 Å². The summed E-state index contributed by atoms with van der Waals surface area (Å²) in [4.78, 5) is 0. The molecule has 0 spiro atoms. The predicted molar refractivity (Wildman–Crippen MR) is 62.2 cm³/mol. The molecule has 2 rings (SSSR count). The number of hydrogen-bond acceptors (Lipinski definition) is 2. The average molecular weight is 205 g/mol. The van der Waals surface area contributed by atoms with Gasteiger partial charge in [-0.1, -0.05) is 32.0 Å². The standard InChI is InChI=1S/C13H19NO/c1-3-10(4-2)14-12-9-15-13-8-6-5-7-11(12)13/h5-8,10,12,14H,3-4,9H2,1-2H3. The van der Waals surface area contributed by atoms with E-state index >= 15 is 0 Å². The first-order valence-corrected chi connectivity index (χ1v) is 5.83. The van der Waals surface area contributed by atoms with Crippen molar-refractivity contribution in [2.24, 2.45) is 0 Å². The zero-order valence-corrected chi connectivity index (χ0v) is 9.49. The van der Waals surface area contributed by atoms with Gasteiger partial charge in [0.2, 0.25) is 0 Å². The summed E-state index contributed by atoms with van der Waals surface area (Å²) in [7, 11) is 0. The van der Waals surface area contributed by atoms with Gasteiger partial charge in [-0.25, -0.2) is 0 Å². The molecule has 82 valence electrons. The third kappa shape index (κ3) is 2.15. The number of benzene rings is 1. The number of rotatable bonds is 4. The number of fused-ring (bicyclic) bond motifs is 1. The van der Waals surface area contributed by atoms with E-state index in [0.717, 1.165) is 12.4 Å². The zero-order valence-electron chi connectivity index (χ0n) is 9.49. The smallest absolute Gasteiger partial charge is 0.124 e. The van der Waals surface area contributed by atoms with Crippen LogP contribution in [0.4, 0.5) is 0 Å². The number of ether oxygens (including phenoxy) is 1. The van der Waals surface area contributed by atoms with Crippen molar-refractivity contribution in [3.63, 3.8) is 0 Å². The average Bonchev–Trinajstić information content (AvgIpc) is 2.69. The van der Waals surface area contributed by atoms with Crippen LogP contribution in [-0.4, -0.2) is 12.6 Å². The lowest BCUT2D eigenvalue weighted by Crippen LogP contribution is -2.32. The lowest BCUT2D eigenvalue weighted by Gasteiger charge is -2.19. The molecule has 1 unspecified atom stereocenters. The van der Waals surface area contributed by atoms with Crippen LogP contribution in [0.2, 0.25) is 0 Å². The summed E-state index contributed by atoms with van der Waals surface area (Å²) in [6.45, 7) is 5.22. The van der Waals surface area contributed by atoms with Crippen molar-refractivity contribution in [2.75, 3.05) is 6.61 Å². The van der Waals surface area contributed by atoms with Crippen molar-refractivity contribution in [3.05, 3.63) is 29.8 Å². The molecule has 1 aromatic rings. The Bertz CT molecular complexity index is 320. The van der Waals surface area contributed by atoms with Crippen LogP contribution in [0.15, 0.2) is 24.3 Å². The molecule has 0 saturated heterocycles. The fourth-order valence-electron chi connectivity index (χ4n) is 2.11. The zero-order chi connectivity index (χ0) is 10.7. The van der Waals surface area contributed by atoms with Gasteiger partial charge in [0.15, 0.2) is 0 Å². The van der Waals surface area contributed by atoms with Gasteiger partial charge in [-0.05, 0) is 18.9 Å². The Morgan fingerprint density at radius 2 is 2.07 bits per heavy atom. The topological polar surface area (TPSA) is 21.3 Å².